The van der Waals surface area contributed by atoms with Crippen LogP contribution in [0.4, 0.5) is 0 Å². The zero-order chi connectivity index (χ0) is 19.0. The first-order valence-corrected chi connectivity index (χ1v) is 9.76. The molecule has 6 heteroatoms. The number of ether oxygens (including phenoxy) is 2. The molecule has 0 spiro atoms. The van der Waals surface area contributed by atoms with Gasteiger partial charge in [-0.1, -0.05) is 54.1 Å². The van der Waals surface area contributed by atoms with Gasteiger partial charge in [-0.3, -0.25) is 0 Å². The highest BCUT2D eigenvalue weighted by atomic mass is 32.2. The van der Waals surface area contributed by atoms with Gasteiger partial charge in [0.05, 0.1) is 16.4 Å². The molecule has 2 aromatic rings. The predicted molar refractivity (Wildman–Crippen MR) is 100 cm³/mol. The highest BCUT2D eigenvalue weighted by molar-refractivity contribution is 7.95. The van der Waals surface area contributed by atoms with E-state index >= 15 is 0 Å². The van der Waals surface area contributed by atoms with E-state index in [0.29, 0.717) is 18.6 Å². The van der Waals surface area contributed by atoms with Crippen LogP contribution in [0.1, 0.15) is 23.7 Å². The lowest BCUT2D eigenvalue weighted by molar-refractivity contribution is -0.0286. The van der Waals surface area contributed by atoms with Crippen molar-refractivity contribution >= 4 is 9.84 Å². The molecule has 0 amide bonds. The van der Waals surface area contributed by atoms with Gasteiger partial charge < -0.3 is 14.6 Å². The molecule has 0 heterocycles. The lowest BCUT2D eigenvalue weighted by Crippen LogP contribution is -2.13. The monoisotopic (exact) mass is 376 g/mol. The predicted octanol–water partition coefficient (Wildman–Crippen LogP) is 3.40. The Bertz CT molecular complexity index is 811. The summed E-state index contributed by atoms with van der Waals surface area (Å²) in [5.41, 5.74) is 1.48. The van der Waals surface area contributed by atoms with Gasteiger partial charge in [0.1, 0.15) is 12.9 Å². The molecular weight excluding hydrogens is 352 g/mol. The van der Waals surface area contributed by atoms with Crippen LogP contribution in [0.15, 0.2) is 70.5 Å². The fraction of sp³-hybridized carbons (Fsp3) is 0.300. The molecule has 1 N–H and O–H groups in total. The van der Waals surface area contributed by atoms with Gasteiger partial charge in [-0.25, -0.2) is 8.42 Å². The quantitative estimate of drug-likeness (QED) is 0.536. The van der Waals surface area contributed by atoms with E-state index in [1.807, 2.05) is 13.0 Å². The molecule has 2 aromatic carbocycles. The van der Waals surface area contributed by atoms with E-state index in [2.05, 4.69) is 0 Å². The van der Waals surface area contributed by atoms with Crippen LogP contribution in [0.3, 0.4) is 0 Å². The average Bonchev–Trinajstić information content (AvgIpc) is 2.65. The summed E-state index contributed by atoms with van der Waals surface area (Å²) in [5.74, 6) is 0. The number of benzene rings is 2. The van der Waals surface area contributed by atoms with Crippen molar-refractivity contribution in [2.75, 3.05) is 20.5 Å². The zero-order valence-corrected chi connectivity index (χ0v) is 15.8. The fourth-order valence-corrected chi connectivity index (χ4v) is 3.98. The van der Waals surface area contributed by atoms with Crippen molar-refractivity contribution in [2.45, 2.75) is 24.3 Å². The van der Waals surface area contributed by atoms with Crippen molar-refractivity contribution < 1.29 is 23.0 Å². The number of aryl methyl sites for hydroxylation is 1. The van der Waals surface area contributed by atoms with Gasteiger partial charge in [-0.2, -0.15) is 0 Å². The third-order valence-corrected chi connectivity index (χ3v) is 5.74. The summed E-state index contributed by atoms with van der Waals surface area (Å²) in [7, 11) is -2.32. The highest BCUT2D eigenvalue weighted by Crippen LogP contribution is 2.31. The van der Waals surface area contributed by atoms with Crippen molar-refractivity contribution in [1.82, 2.24) is 0 Å². The molecule has 0 aliphatic heterocycles. The molecule has 0 saturated carbocycles. The highest BCUT2D eigenvalue weighted by Gasteiger charge is 2.27. The first kappa shape index (κ1) is 20.3. The zero-order valence-electron chi connectivity index (χ0n) is 15.0. The molecule has 26 heavy (non-hydrogen) atoms. The summed E-state index contributed by atoms with van der Waals surface area (Å²) in [6.07, 6.45) is 0.612. The summed E-state index contributed by atoms with van der Waals surface area (Å²) < 4.78 is 36.2. The van der Waals surface area contributed by atoms with Crippen molar-refractivity contribution in [3.05, 3.63) is 76.7 Å². The summed E-state index contributed by atoms with van der Waals surface area (Å²) >= 11 is 0. The number of rotatable bonds is 9. The first-order valence-electron chi connectivity index (χ1n) is 8.28. The molecule has 0 bridgehead atoms. The van der Waals surface area contributed by atoms with E-state index in [-0.39, 0.29) is 16.6 Å². The molecule has 2 rings (SSSR count). The Kier molecular flexibility index (Phi) is 7.53. The summed E-state index contributed by atoms with van der Waals surface area (Å²) in [6.45, 7) is 2.32. The van der Waals surface area contributed by atoms with Gasteiger partial charge in [-0.15, -0.1) is 0 Å². The van der Waals surface area contributed by atoms with E-state index in [4.69, 9.17) is 9.47 Å². The third kappa shape index (κ3) is 5.25. The van der Waals surface area contributed by atoms with Crippen LogP contribution in [-0.4, -0.2) is 34.0 Å². The van der Waals surface area contributed by atoms with Gasteiger partial charge in [0, 0.05) is 7.11 Å². The van der Waals surface area contributed by atoms with Crippen LogP contribution in [0.2, 0.25) is 0 Å². The molecule has 0 aliphatic carbocycles. The van der Waals surface area contributed by atoms with E-state index in [9.17, 15) is 13.5 Å². The summed E-state index contributed by atoms with van der Waals surface area (Å²) in [4.78, 5) is 0.107. The maximum absolute atomic E-state index is 13.1. The maximum Gasteiger partial charge on any atom is 0.205 e. The Labute approximate surface area is 154 Å². The van der Waals surface area contributed by atoms with Gasteiger partial charge >= 0.3 is 0 Å². The SMILES string of the molecule is COCOCC/C=C(\C(O)c1ccccc1)S(=O)(=O)c1ccc(C)cc1. The van der Waals surface area contributed by atoms with E-state index in [1.165, 1.54) is 13.2 Å². The molecule has 0 aromatic heterocycles. The van der Waals surface area contributed by atoms with E-state index < -0.39 is 15.9 Å². The van der Waals surface area contributed by atoms with Crippen LogP contribution >= 0.6 is 0 Å². The van der Waals surface area contributed by atoms with E-state index in [1.54, 1.807) is 48.5 Å². The lowest BCUT2D eigenvalue weighted by Gasteiger charge is -2.17. The summed E-state index contributed by atoms with van der Waals surface area (Å²) in [6, 6.07) is 15.3. The minimum Gasteiger partial charge on any atom is -0.383 e. The Morgan fingerprint density at radius 2 is 1.77 bits per heavy atom. The first-order chi connectivity index (χ1) is 12.5. The van der Waals surface area contributed by atoms with Gasteiger partial charge in [0.15, 0.2) is 0 Å². The second-order valence-corrected chi connectivity index (χ2v) is 7.79. The van der Waals surface area contributed by atoms with E-state index in [0.717, 1.165) is 5.56 Å². The second kappa shape index (κ2) is 9.64. The molecule has 0 fully saturated rings. The Morgan fingerprint density at radius 3 is 2.38 bits per heavy atom. The van der Waals surface area contributed by atoms with Gasteiger partial charge in [0.25, 0.3) is 0 Å². The number of hydrogen-bond acceptors (Lipinski definition) is 5. The maximum atomic E-state index is 13.1. The minimum atomic E-state index is -3.83. The van der Waals surface area contributed by atoms with Crippen molar-refractivity contribution in [1.29, 1.82) is 0 Å². The van der Waals surface area contributed by atoms with Crippen LogP contribution in [-0.2, 0) is 19.3 Å². The Hall–Kier alpha value is -1.99. The van der Waals surface area contributed by atoms with Crippen molar-refractivity contribution in [3.8, 4) is 0 Å². The molecular formula is C20H24O5S. The smallest absolute Gasteiger partial charge is 0.205 e. The van der Waals surface area contributed by atoms with Crippen LogP contribution in [0.25, 0.3) is 0 Å². The Balaban J connectivity index is 2.35. The largest absolute Gasteiger partial charge is 0.383 e. The average molecular weight is 376 g/mol. The number of aliphatic hydroxyl groups excluding tert-OH is 1. The van der Waals surface area contributed by atoms with Crippen LogP contribution in [0.5, 0.6) is 0 Å². The standard InChI is InChI=1S/C20H24O5S/c1-16-10-12-18(13-11-16)26(22,23)19(9-6-14-25-15-24-2)20(21)17-7-4-3-5-8-17/h3-5,7-13,20-21H,6,14-15H2,1-2H3/b19-9+. The number of aliphatic hydroxyl groups is 1. The van der Waals surface area contributed by atoms with Crippen LogP contribution in [0, 0.1) is 6.92 Å². The number of methoxy groups -OCH3 is 1. The van der Waals surface area contributed by atoms with Gasteiger partial charge in [0.2, 0.25) is 9.84 Å². The molecule has 140 valence electrons. The molecule has 0 aliphatic rings. The minimum absolute atomic E-state index is 0.0476. The van der Waals surface area contributed by atoms with Crippen LogP contribution < -0.4 is 0 Å². The van der Waals surface area contributed by atoms with Crippen molar-refractivity contribution in [2.24, 2.45) is 0 Å². The number of hydrogen-bond donors (Lipinski definition) is 1. The second-order valence-electron chi connectivity index (χ2n) is 5.84. The molecule has 0 saturated heterocycles. The topological polar surface area (TPSA) is 72.8 Å². The number of sulfone groups is 1. The molecule has 0 radical (unpaired) electrons. The van der Waals surface area contributed by atoms with Crippen molar-refractivity contribution in [3.63, 3.8) is 0 Å². The third-order valence-electron chi connectivity index (χ3n) is 3.84. The molecule has 1 unspecified atom stereocenters. The molecule has 1 atom stereocenters. The van der Waals surface area contributed by atoms with Gasteiger partial charge in [-0.05, 0) is 31.0 Å². The molecule has 5 nitrogen and oxygen atoms in total. The summed E-state index contributed by atoms with van der Waals surface area (Å²) in [5, 5.41) is 10.7. The fourth-order valence-electron chi connectivity index (χ4n) is 2.45. The Morgan fingerprint density at radius 1 is 1.12 bits per heavy atom. The lowest BCUT2D eigenvalue weighted by atomic mass is 10.1. The normalized spacial score (nSPS) is 13.6.